The lowest BCUT2D eigenvalue weighted by Crippen LogP contribution is -2.16. The number of nitrogens with one attached hydrogen (secondary N) is 1. The second-order valence-corrected chi connectivity index (χ2v) is 8.14. The SMILES string of the molecule is COc1ccc(-c2csc(NC(=O)c3cnc(SC)n3-c3ccc(F)cc3)n2)cc1OC. The summed E-state index contributed by atoms with van der Waals surface area (Å²) in [4.78, 5) is 21.8. The van der Waals surface area contributed by atoms with Crippen molar-refractivity contribution in [2.24, 2.45) is 0 Å². The van der Waals surface area contributed by atoms with Crippen LogP contribution < -0.4 is 14.8 Å². The highest BCUT2D eigenvalue weighted by atomic mass is 32.2. The number of imidazole rings is 1. The van der Waals surface area contributed by atoms with E-state index >= 15 is 0 Å². The Bertz CT molecular complexity index is 1250. The molecule has 2 aromatic heterocycles. The van der Waals surface area contributed by atoms with Crippen LogP contribution in [0.1, 0.15) is 10.5 Å². The van der Waals surface area contributed by atoms with Crippen LogP contribution in [0.3, 0.4) is 0 Å². The Balaban J connectivity index is 1.59. The van der Waals surface area contributed by atoms with Gasteiger partial charge in [-0.3, -0.25) is 14.7 Å². The Kier molecular flexibility index (Phi) is 6.42. The number of hydrogen-bond acceptors (Lipinski definition) is 7. The van der Waals surface area contributed by atoms with Crippen molar-refractivity contribution in [2.45, 2.75) is 5.16 Å². The van der Waals surface area contributed by atoms with Gasteiger partial charge < -0.3 is 9.47 Å². The third-order valence-electron chi connectivity index (χ3n) is 4.63. The summed E-state index contributed by atoms with van der Waals surface area (Å²) >= 11 is 2.70. The van der Waals surface area contributed by atoms with Crippen molar-refractivity contribution < 1.29 is 18.7 Å². The fourth-order valence-corrected chi connectivity index (χ4v) is 4.36. The zero-order valence-corrected chi connectivity index (χ0v) is 19.1. The number of carbonyl (C=O) groups is 1. The van der Waals surface area contributed by atoms with Crippen LogP contribution in [0, 0.1) is 5.82 Å². The highest BCUT2D eigenvalue weighted by Crippen LogP contribution is 2.33. The number of nitrogens with zero attached hydrogens (tertiary/aromatic N) is 3. The zero-order valence-electron chi connectivity index (χ0n) is 17.5. The van der Waals surface area contributed by atoms with Gasteiger partial charge >= 0.3 is 0 Å². The highest BCUT2D eigenvalue weighted by molar-refractivity contribution is 7.98. The van der Waals surface area contributed by atoms with Crippen molar-refractivity contribution in [3.63, 3.8) is 0 Å². The summed E-state index contributed by atoms with van der Waals surface area (Å²) in [7, 11) is 3.15. The summed E-state index contributed by atoms with van der Waals surface area (Å²) < 4.78 is 25.7. The largest absolute Gasteiger partial charge is 0.493 e. The number of methoxy groups -OCH3 is 2. The van der Waals surface area contributed by atoms with Gasteiger partial charge in [-0.2, -0.15) is 0 Å². The van der Waals surface area contributed by atoms with Crippen LogP contribution in [0.5, 0.6) is 11.5 Å². The van der Waals surface area contributed by atoms with Gasteiger partial charge in [0.05, 0.1) is 26.1 Å². The van der Waals surface area contributed by atoms with Gasteiger partial charge in [-0.25, -0.2) is 14.4 Å². The summed E-state index contributed by atoms with van der Waals surface area (Å²) in [5, 5.41) is 5.74. The molecule has 32 heavy (non-hydrogen) atoms. The second-order valence-electron chi connectivity index (χ2n) is 6.50. The summed E-state index contributed by atoms with van der Waals surface area (Å²) in [5.41, 5.74) is 2.50. The van der Waals surface area contributed by atoms with Crippen molar-refractivity contribution in [3.8, 4) is 28.4 Å². The first-order valence-corrected chi connectivity index (χ1v) is 11.5. The van der Waals surface area contributed by atoms with E-state index in [-0.39, 0.29) is 11.7 Å². The molecule has 2 heterocycles. The molecule has 0 fully saturated rings. The molecule has 0 atom stereocenters. The zero-order chi connectivity index (χ0) is 22.7. The smallest absolute Gasteiger partial charge is 0.276 e. The van der Waals surface area contributed by atoms with Crippen LogP contribution in [0.4, 0.5) is 9.52 Å². The molecular weight excluding hydrogens is 451 g/mol. The molecule has 0 bridgehead atoms. The maximum absolute atomic E-state index is 13.4. The molecule has 4 rings (SSSR count). The van der Waals surface area contributed by atoms with E-state index in [0.717, 1.165) is 5.56 Å². The maximum Gasteiger partial charge on any atom is 0.276 e. The van der Waals surface area contributed by atoms with Gasteiger partial charge in [-0.15, -0.1) is 11.3 Å². The van der Waals surface area contributed by atoms with E-state index in [0.29, 0.717) is 38.9 Å². The molecule has 0 unspecified atom stereocenters. The predicted molar refractivity (Wildman–Crippen MR) is 124 cm³/mol. The van der Waals surface area contributed by atoms with Gasteiger partial charge in [0.1, 0.15) is 11.5 Å². The Morgan fingerprint density at radius 1 is 1.12 bits per heavy atom. The van der Waals surface area contributed by atoms with Gasteiger partial charge in [0, 0.05) is 16.6 Å². The van der Waals surface area contributed by atoms with E-state index in [1.165, 1.54) is 41.4 Å². The molecule has 0 radical (unpaired) electrons. The van der Waals surface area contributed by atoms with Gasteiger partial charge in [-0.05, 0) is 48.7 Å². The average molecular weight is 471 g/mol. The first-order chi connectivity index (χ1) is 15.5. The monoisotopic (exact) mass is 470 g/mol. The molecule has 0 aliphatic heterocycles. The Morgan fingerprint density at radius 3 is 2.56 bits per heavy atom. The predicted octanol–water partition coefficient (Wildman–Crippen LogP) is 5.13. The summed E-state index contributed by atoms with van der Waals surface area (Å²) in [6.45, 7) is 0. The van der Waals surface area contributed by atoms with Crippen molar-refractivity contribution >= 4 is 34.1 Å². The average Bonchev–Trinajstić information content (AvgIpc) is 3.46. The van der Waals surface area contributed by atoms with Crippen molar-refractivity contribution in [2.75, 3.05) is 25.8 Å². The molecule has 10 heteroatoms. The number of thiazole rings is 1. The van der Waals surface area contributed by atoms with Crippen LogP contribution in [0.15, 0.2) is 59.2 Å². The number of rotatable bonds is 7. The number of benzene rings is 2. The van der Waals surface area contributed by atoms with Gasteiger partial charge in [-0.1, -0.05) is 11.8 Å². The van der Waals surface area contributed by atoms with Crippen LogP contribution in [0.25, 0.3) is 16.9 Å². The fraction of sp³-hybridized carbons (Fsp3) is 0.136. The van der Waals surface area contributed by atoms with Crippen LogP contribution in [-0.4, -0.2) is 40.9 Å². The number of aromatic nitrogens is 3. The quantitative estimate of drug-likeness (QED) is 0.378. The maximum atomic E-state index is 13.4. The molecule has 0 saturated heterocycles. The van der Waals surface area contributed by atoms with E-state index in [2.05, 4.69) is 15.3 Å². The fourth-order valence-electron chi connectivity index (χ4n) is 3.10. The number of anilines is 1. The Labute approximate surface area is 192 Å². The highest BCUT2D eigenvalue weighted by Gasteiger charge is 2.19. The third kappa shape index (κ3) is 4.32. The Hall–Kier alpha value is -3.37. The van der Waals surface area contributed by atoms with Crippen LogP contribution in [0.2, 0.25) is 0 Å². The second kappa shape index (κ2) is 9.41. The normalized spacial score (nSPS) is 10.8. The van der Waals surface area contributed by atoms with E-state index in [9.17, 15) is 9.18 Å². The summed E-state index contributed by atoms with van der Waals surface area (Å²) in [5.74, 6) is 0.501. The lowest BCUT2D eigenvalue weighted by molar-refractivity contribution is 0.102. The van der Waals surface area contributed by atoms with Crippen molar-refractivity contribution in [3.05, 3.63) is 65.6 Å². The van der Waals surface area contributed by atoms with Gasteiger partial charge in [0.25, 0.3) is 5.91 Å². The minimum Gasteiger partial charge on any atom is -0.493 e. The minimum atomic E-state index is -0.365. The first-order valence-electron chi connectivity index (χ1n) is 9.41. The van der Waals surface area contributed by atoms with Gasteiger partial charge in [0.2, 0.25) is 0 Å². The Morgan fingerprint density at radius 2 is 1.88 bits per heavy atom. The molecule has 0 saturated carbocycles. The minimum absolute atomic E-state index is 0.323. The topological polar surface area (TPSA) is 78.3 Å². The molecule has 0 spiro atoms. The third-order valence-corrected chi connectivity index (χ3v) is 6.04. The molecule has 7 nitrogen and oxygen atoms in total. The van der Waals surface area contributed by atoms with Gasteiger partial charge in [0.15, 0.2) is 21.8 Å². The number of amides is 1. The summed E-state index contributed by atoms with van der Waals surface area (Å²) in [6, 6.07) is 11.4. The van der Waals surface area contributed by atoms with E-state index in [1.54, 1.807) is 37.0 Å². The molecule has 164 valence electrons. The standard InChI is InChI=1S/C22H19FN4O3S2/c1-29-18-9-4-13(10-19(18)30-2)16-12-32-21(25-16)26-20(28)17-11-24-22(31-3)27(17)15-7-5-14(23)6-8-15/h4-12H,1-3H3,(H,25,26,28). The number of thioether (sulfide) groups is 1. The molecule has 0 aliphatic rings. The number of ether oxygens (including phenoxy) is 2. The van der Waals surface area contributed by atoms with Crippen molar-refractivity contribution in [1.29, 1.82) is 0 Å². The number of halogens is 1. The molecule has 4 aromatic rings. The first kappa shape index (κ1) is 21.8. The van der Waals surface area contributed by atoms with Crippen LogP contribution >= 0.6 is 23.1 Å². The lowest BCUT2D eigenvalue weighted by atomic mass is 10.1. The molecule has 1 N–H and O–H groups in total. The molecule has 2 aromatic carbocycles. The molecular formula is C22H19FN4O3S2. The van der Waals surface area contributed by atoms with Crippen LogP contribution in [-0.2, 0) is 0 Å². The number of carbonyl (C=O) groups excluding carboxylic acids is 1. The van der Waals surface area contributed by atoms with E-state index < -0.39 is 0 Å². The van der Waals surface area contributed by atoms with E-state index in [4.69, 9.17) is 9.47 Å². The number of hydrogen-bond donors (Lipinski definition) is 1. The summed E-state index contributed by atoms with van der Waals surface area (Å²) in [6.07, 6.45) is 3.35. The van der Waals surface area contributed by atoms with E-state index in [1.807, 2.05) is 23.8 Å². The molecule has 1 amide bonds. The van der Waals surface area contributed by atoms with Crippen molar-refractivity contribution in [1.82, 2.24) is 14.5 Å². The lowest BCUT2D eigenvalue weighted by Gasteiger charge is -2.10. The molecule has 0 aliphatic carbocycles.